The molecule has 2 heteroatoms. The number of terminal acetylenes is 1. The van der Waals surface area contributed by atoms with Gasteiger partial charge in [0.2, 0.25) is 0 Å². The molecule has 0 amide bonds. The molecule has 0 radical (unpaired) electrons. The Kier molecular flexibility index (Phi) is 4.03. The molecule has 1 aromatic rings. The van der Waals surface area contributed by atoms with Gasteiger partial charge >= 0.3 is 0 Å². The van der Waals surface area contributed by atoms with Gasteiger partial charge in [0.15, 0.2) is 6.10 Å². The van der Waals surface area contributed by atoms with Crippen LogP contribution in [-0.2, 0) is 6.61 Å². The summed E-state index contributed by atoms with van der Waals surface area (Å²) in [5, 5.41) is 8.83. The fraction of sp³-hybridized carbons (Fsp3) is 0.333. The van der Waals surface area contributed by atoms with Crippen LogP contribution >= 0.6 is 0 Å². The topological polar surface area (TPSA) is 29.5 Å². The molecule has 0 saturated carbocycles. The molecule has 0 aliphatic rings. The molecule has 0 aromatic heterocycles. The van der Waals surface area contributed by atoms with Gasteiger partial charge in [0.05, 0.1) is 6.61 Å². The molecule has 0 heterocycles. The molecule has 0 saturated heterocycles. The lowest BCUT2D eigenvalue weighted by atomic mass is 10.2. The Hall–Kier alpha value is -1.46. The van der Waals surface area contributed by atoms with E-state index in [9.17, 15) is 0 Å². The summed E-state index contributed by atoms with van der Waals surface area (Å²) in [7, 11) is 0. The molecule has 0 spiro atoms. The molecule has 1 atom stereocenters. The van der Waals surface area contributed by atoms with Crippen molar-refractivity contribution in [3.8, 4) is 18.1 Å². The van der Waals surface area contributed by atoms with E-state index in [1.54, 1.807) is 0 Å². The molecule has 0 aliphatic heterocycles. The number of aliphatic hydroxyl groups excluding tert-OH is 1. The van der Waals surface area contributed by atoms with E-state index < -0.39 is 0 Å². The number of hydrogen-bond acceptors (Lipinski definition) is 2. The Labute approximate surface area is 84.5 Å². The Balaban J connectivity index is 2.64. The molecule has 1 rings (SSSR count). The smallest absolute Gasteiger partial charge is 0.158 e. The summed E-state index contributed by atoms with van der Waals surface area (Å²) >= 11 is 0. The predicted octanol–water partition coefficient (Wildman–Crippen LogP) is 1.97. The van der Waals surface area contributed by atoms with E-state index in [1.165, 1.54) is 0 Å². The SMILES string of the molecule is C#C[C@@H](CC)Oc1ccc(CO)cc1. The lowest BCUT2D eigenvalue weighted by molar-refractivity contribution is 0.253. The predicted molar refractivity (Wildman–Crippen MR) is 55.9 cm³/mol. The summed E-state index contributed by atoms with van der Waals surface area (Å²) in [5.41, 5.74) is 0.867. The average molecular weight is 190 g/mol. The maximum absolute atomic E-state index is 8.83. The van der Waals surface area contributed by atoms with Crippen molar-refractivity contribution in [3.05, 3.63) is 29.8 Å². The normalized spacial score (nSPS) is 11.8. The summed E-state index contributed by atoms with van der Waals surface area (Å²) in [4.78, 5) is 0. The van der Waals surface area contributed by atoms with Crippen molar-refractivity contribution in [2.24, 2.45) is 0 Å². The highest BCUT2D eigenvalue weighted by Crippen LogP contribution is 2.14. The van der Waals surface area contributed by atoms with Gasteiger partial charge in [-0.2, -0.15) is 0 Å². The van der Waals surface area contributed by atoms with Crippen molar-refractivity contribution in [2.75, 3.05) is 0 Å². The molecule has 1 N–H and O–H groups in total. The fourth-order valence-corrected chi connectivity index (χ4v) is 1.07. The van der Waals surface area contributed by atoms with E-state index in [2.05, 4.69) is 5.92 Å². The first-order valence-corrected chi connectivity index (χ1v) is 4.62. The van der Waals surface area contributed by atoms with Gasteiger partial charge < -0.3 is 9.84 Å². The third-order valence-corrected chi connectivity index (χ3v) is 1.94. The Morgan fingerprint density at radius 2 is 2.07 bits per heavy atom. The molecule has 0 aliphatic carbocycles. The first-order chi connectivity index (χ1) is 6.80. The zero-order chi connectivity index (χ0) is 10.4. The quantitative estimate of drug-likeness (QED) is 0.735. The Bertz CT molecular complexity index is 308. The second-order valence-electron chi connectivity index (χ2n) is 2.98. The van der Waals surface area contributed by atoms with Crippen LogP contribution in [0, 0.1) is 12.3 Å². The minimum Gasteiger partial charge on any atom is -0.478 e. The van der Waals surface area contributed by atoms with Gasteiger partial charge in [-0.25, -0.2) is 0 Å². The number of benzene rings is 1. The Morgan fingerprint density at radius 1 is 1.43 bits per heavy atom. The summed E-state index contributed by atoms with van der Waals surface area (Å²) in [6.45, 7) is 2.03. The highest BCUT2D eigenvalue weighted by atomic mass is 16.5. The number of rotatable bonds is 4. The molecule has 0 fully saturated rings. The van der Waals surface area contributed by atoms with Gasteiger partial charge in [-0.05, 0) is 24.1 Å². The minimum absolute atomic E-state index is 0.0482. The van der Waals surface area contributed by atoms with Crippen LogP contribution < -0.4 is 4.74 Å². The Morgan fingerprint density at radius 3 is 2.50 bits per heavy atom. The largest absolute Gasteiger partial charge is 0.478 e. The lowest BCUT2D eigenvalue weighted by Gasteiger charge is -2.11. The van der Waals surface area contributed by atoms with Gasteiger partial charge in [0, 0.05) is 0 Å². The first-order valence-electron chi connectivity index (χ1n) is 4.62. The van der Waals surface area contributed by atoms with Crippen molar-refractivity contribution in [2.45, 2.75) is 26.1 Å². The first kappa shape index (κ1) is 10.6. The van der Waals surface area contributed by atoms with Gasteiger partial charge in [-0.15, -0.1) is 6.42 Å². The van der Waals surface area contributed by atoms with E-state index in [0.717, 1.165) is 17.7 Å². The molecule has 1 aromatic carbocycles. The van der Waals surface area contributed by atoms with E-state index in [-0.39, 0.29) is 12.7 Å². The maximum Gasteiger partial charge on any atom is 0.158 e. The third kappa shape index (κ3) is 2.79. The second-order valence-corrected chi connectivity index (χ2v) is 2.98. The van der Waals surface area contributed by atoms with Crippen LogP contribution in [0.25, 0.3) is 0 Å². The highest BCUT2D eigenvalue weighted by Gasteiger charge is 2.02. The summed E-state index contributed by atoms with van der Waals surface area (Å²) < 4.78 is 5.49. The number of ether oxygens (including phenoxy) is 1. The number of aliphatic hydroxyl groups is 1. The summed E-state index contributed by atoms with van der Waals surface area (Å²) in [5.74, 6) is 3.30. The maximum atomic E-state index is 8.83. The minimum atomic E-state index is -0.171. The van der Waals surface area contributed by atoms with Crippen molar-refractivity contribution in [3.63, 3.8) is 0 Å². The van der Waals surface area contributed by atoms with Crippen LogP contribution in [-0.4, -0.2) is 11.2 Å². The van der Waals surface area contributed by atoms with Crippen LogP contribution in [0.4, 0.5) is 0 Å². The fourth-order valence-electron chi connectivity index (χ4n) is 1.07. The van der Waals surface area contributed by atoms with Crippen LogP contribution in [0.3, 0.4) is 0 Å². The van der Waals surface area contributed by atoms with E-state index in [4.69, 9.17) is 16.3 Å². The molecule has 0 bridgehead atoms. The molecular weight excluding hydrogens is 176 g/mol. The molecule has 14 heavy (non-hydrogen) atoms. The molecule has 2 nitrogen and oxygen atoms in total. The molecule has 74 valence electrons. The number of hydrogen-bond donors (Lipinski definition) is 1. The molecular formula is C12H14O2. The van der Waals surface area contributed by atoms with Crippen LogP contribution in [0.5, 0.6) is 5.75 Å². The van der Waals surface area contributed by atoms with Crippen LogP contribution in [0.1, 0.15) is 18.9 Å². The summed E-state index contributed by atoms with van der Waals surface area (Å²) in [6, 6.07) is 7.26. The average Bonchev–Trinajstić information content (AvgIpc) is 2.26. The van der Waals surface area contributed by atoms with Crippen molar-refractivity contribution < 1.29 is 9.84 Å². The second kappa shape index (κ2) is 5.31. The van der Waals surface area contributed by atoms with Crippen LogP contribution in [0.2, 0.25) is 0 Å². The monoisotopic (exact) mass is 190 g/mol. The van der Waals surface area contributed by atoms with Crippen molar-refractivity contribution >= 4 is 0 Å². The highest BCUT2D eigenvalue weighted by molar-refractivity contribution is 5.27. The van der Waals surface area contributed by atoms with Gasteiger partial charge in [0.1, 0.15) is 5.75 Å². The standard InChI is InChI=1S/C12H14O2/c1-3-11(4-2)14-12-7-5-10(9-13)6-8-12/h1,5-8,11,13H,4,9H2,2H3/t11-/m0/s1. The van der Waals surface area contributed by atoms with E-state index in [0.29, 0.717) is 0 Å². The third-order valence-electron chi connectivity index (χ3n) is 1.94. The summed E-state index contributed by atoms with van der Waals surface area (Å²) in [6.07, 6.45) is 5.89. The van der Waals surface area contributed by atoms with Gasteiger partial charge in [-0.1, -0.05) is 25.0 Å². The zero-order valence-corrected chi connectivity index (χ0v) is 8.23. The van der Waals surface area contributed by atoms with Crippen LogP contribution in [0.15, 0.2) is 24.3 Å². The van der Waals surface area contributed by atoms with Crippen molar-refractivity contribution in [1.29, 1.82) is 0 Å². The molecule has 0 unspecified atom stereocenters. The zero-order valence-electron chi connectivity index (χ0n) is 8.23. The lowest BCUT2D eigenvalue weighted by Crippen LogP contribution is -2.11. The van der Waals surface area contributed by atoms with Gasteiger partial charge in [-0.3, -0.25) is 0 Å². The van der Waals surface area contributed by atoms with E-state index in [1.807, 2.05) is 31.2 Å². The van der Waals surface area contributed by atoms with Gasteiger partial charge in [0.25, 0.3) is 0 Å². The van der Waals surface area contributed by atoms with E-state index >= 15 is 0 Å². The van der Waals surface area contributed by atoms with Crippen molar-refractivity contribution in [1.82, 2.24) is 0 Å².